The first-order valence-corrected chi connectivity index (χ1v) is 9.20. The van der Waals surface area contributed by atoms with E-state index in [1.165, 1.54) is 6.92 Å². The van der Waals surface area contributed by atoms with E-state index in [2.05, 4.69) is 11.9 Å². The second kappa shape index (κ2) is 7.82. The summed E-state index contributed by atoms with van der Waals surface area (Å²) in [6, 6.07) is 7.85. The summed E-state index contributed by atoms with van der Waals surface area (Å²) in [4.78, 5) is 15.9. The van der Waals surface area contributed by atoms with E-state index < -0.39 is 0 Å². The Morgan fingerprint density at radius 1 is 1.15 bits per heavy atom. The van der Waals surface area contributed by atoms with E-state index in [0.29, 0.717) is 18.1 Å². The van der Waals surface area contributed by atoms with E-state index in [0.717, 1.165) is 52.1 Å². The zero-order chi connectivity index (χ0) is 19.6. The van der Waals surface area contributed by atoms with Crippen LogP contribution in [0.5, 0.6) is 11.5 Å². The molecule has 0 amide bonds. The lowest BCUT2D eigenvalue weighted by Crippen LogP contribution is -2.03. The fraction of sp³-hybridized carbons (Fsp3) is 0.364. The van der Waals surface area contributed by atoms with Crippen LogP contribution in [-0.2, 0) is 17.8 Å². The smallest absolute Gasteiger partial charge is 0.308 e. The predicted molar refractivity (Wildman–Crippen MR) is 104 cm³/mol. The summed E-state index contributed by atoms with van der Waals surface area (Å²) in [6.07, 6.45) is 1.76. The van der Waals surface area contributed by atoms with Crippen LogP contribution in [0.15, 0.2) is 28.7 Å². The Morgan fingerprint density at radius 2 is 1.93 bits per heavy atom. The second-order valence-electron chi connectivity index (χ2n) is 6.74. The largest absolute Gasteiger partial charge is 0.488 e. The Hall–Kier alpha value is -2.82. The first-order valence-electron chi connectivity index (χ1n) is 9.20. The van der Waals surface area contributed by atoms with E-state index in [9.17, 15) is 4.79 Å². The van der Waals surface area contributed by atoms with Gasteiger partial charge in [-0.1, -0.05) is 19.4 Å². The Balaban J connectivity index is 1.97. The van der Waals surface area contributed by atoms with Crippen LogP contribution < -0.4 is 9.47 Å². The molecule has 0 unspecified atom stereocenters. The van der Waals surface area contributed by atoms with Gasteiger partial charge < -0.3 is 13.9 Å². The quantitative estimate of drug-likeness (QED) is 0.560. The van der Waals surface area contributed by atoms with Crippen LogP contribution in [0.25, 0.3) is 11.0 Å². The number of aromatic nitrogens is 1. The van der Waals surface area contributed by atoms with Gasteiger partial charge >= 0.3 is 5.97 Å². The van der Waals surface area contributed by atoms with Crippen LogP contribution in [0.3, 0.4) is 0 Å². The predicted octanol–water partition coefficient (Wildman–Crippen LogP) is 5.21. The number of fused-ring (bicyclic) bond motifs is 1. The molecule has 0 bridgehead atoms. The molecule has 3 aromatic rings. The first kappa shape index (κ1) is 19.0. The van der Waals surface area contributed by atoms with Crippen molar-refractivity contribution in [1.29, 1.82) is 0 Å². The van der Waals surface area contributed by atoms with Crippen LogP contribution in [-0.4, -0.2) is 11.0 Å². The topological polar surface area (TPSA) is 61.6 Å². The zero-order valence-electron chi connectivity index (χ0n) is 16.5. The maximum Gasteiger partial charge on any atom is 0.308 e. The van der Waals surface area contributed by atoms with Gasteiger partial charge in [0.25, 0.3) is 0 Å². The van der Waals surface area contributed by atoms with E-state index in [4.69, 9.17) is 13.9 Å². The molecule has 0 saturated carbocycles. The third-order valence-electron chi connectivity index (χ3n) is 4.50. The highest BCUT2D eigenvalue weighted by Crippen LogP contribution is 2.39. The molecule has 0 radical (unpaired) electrons. The number of carbonyl (C=O) groups is 1. The standard InChI is InChI=1S/C22H25NO4/c1-6-7-18-20(25-12-17-9-8-13(2)23-14(17)3)11-10-19-21(27-16(5)24)15(4)26-22(18)19/h8-11H,6-7,12H2,1-5H3. The highest BCUT2D eigenvalue weighted by Gasteiger charge is 2.20. The van der Waals surface area contributed by atoms with Crippen molar-refractivity contribution in [3.05, 3.63) is 52.5 Å². The van der Waals surface area contributed by atoms with Crippen LogP contribution >= 0.6 is 0 Å². The van der Waals surface area contributed by atoms with Crippen molar-refractivity contribution >= 4 is 16.9 Å². The minimum Gasteiger partial charge on any atom is -0.488 e. The maximum absolute atomic E-state index is 11.4. The lowest BCUT2D eigenvalue weighted by atomic mass is 10.1. The minimum atomic E-state index is -0.361. The van der Waals surface area contributed by atoms with Crippen LogP contribution in [0.1, 0.15) is 48.5 Å². The molecule has 0 saturated heterocycles. The summed E-state index contributed by atoms with van der Waals surface area (Å²) in [6.45, 7) is 9.71. The van der Waals surface area contributed by atoms with Gasteiger partial charge in [-0.3, -0.25) is 9.78 Å². The van der Waals surface area contributed by atoms with Gasteiger partial charge in [0.05, 0.1) is 5.39 Å². The van der Waals surface area contributed by atoms with Gasteiger partial charge in [0, 0.05) is 29.4 Å². The molecule has 142 valence electrons. The van der Waals surface area contributed by atoms with Crippen LogP contribution in [0, 0.1) is 20.8 Å². The number of hydrogen-bond donors (Lipinski definition) is 0. The second-order valence-corrected chi connectivity index (χ2v) is 6.74. The van der Waals surface area contributed by atoms with Gasteiger partial charge in [0.15, 0.2) is 5.75 Å². The Kier molecular flexibility index (Phi) is 5.49. The van der Waals surface area contributed by atoms with E-state index in [1.54, 1.807) is 6.92 Å². The molecule has 2 aromatic heterocycles. The van der Waals surface area contributed by atoms with Crippen molar-refractivity contribution in [2.24, 2.45) is 0 Å². The summed E-state index contributed by atoms with van der Waals surface area (Å²) in [5, 5.41) is 0.798. The third kappa shape index (κ3) is 3.97. The van der Waals surface area contributed by atoms with E-state index >= 15 is 0 Å². The van der Waals surface area contributed by atoms with E-state index in [1.807, 2.05) is 38.1 Å². The molecule has 0 atom stereocenters. The molecule has 0 spiro atoms. The summed E-state index contributed by atoms with van der Waals surface area (Å²) in [5.41, 5.74) is 4.74. The molecule has 0 aliphatic carbocycles. The van der Waals surface area contributed by atoms with Crippen molar-refractivity contribution in [3.63, 3.8) is 0 Å². The van der Waals surface area contributed by atoms with Crippen molar-refractivity contribution in [1.82, 2.24) is 4.98 Å². The fourth-order valence-electron chi connectivity index (χ4n) is 3.21. The van der Waals surface area contributed by atoms with Gasteiger partial charge in [-0.15, -0.1) is 0 Å². The number of pyridine rings is 1. The van der Waals surface area contributed by atoms with Crippen LogP contribution in [0.2, 0.25) is 0 Å². The van der Waals surface area contributed by atoms with E-state index in [-0.39, 0.29) is 5.97 Å². The number of hydrogen-bond acceptors (Lipinski definition) is 5. The van der Waals surface area contributed by atoms with Crippen molar-refractivity contribution in [2.75, 3.05) is 0 Å². The average Bonchev–Trinajstić information content (AvgIpc) is 2.91. The Labute approximate surface area is 159 Å². The number of ether oxygens (including phenoxy) is 2. The van der Waals surface area contributed by atoms with Gasteiger partial charge in [0.2, 0.25) is 0 Å². The summed E-state index contributed by atoms with van der Waals surface area (Å²) in [5.74, 6) is 1.50. The maximum atomic E-state index is 11.4. The molecule has 0 fully saturated rings. The molecule has 5 nitrogen and oxygen atoms in total. The van der Waals surface area contributed by atoms with Gasteiger partial charge in [-0.05, 0) is 45.4 Å². The molecule has 0 aliphatic heterocycles. The SMILES string of the molecule is CCCc1c(OCc2ccc(C)nc2C)ccc2c(OC(C)=O)c(C)oc12. The minimum absolute atomic E-state index is 0.361. The molecule has 2 heterocycles. The Bertz CT molecular complexity index is 988. The van der Waals surface area contributed by atoms with Gasteiger partial charge in [-0.2, -0.15) is 0 Å². The molecule has 1 aromatic carbocycles. The number of benzene rings is 1. The molecule has 3 rings (SSSR count). The number of nitrogens with zero attached hydrogens (tertiary/aromatic N) is 1. The fourth-order valence-corrected chi connectivity index (χ4v) is 3.21. The summed E-state index contributed by atoms with van der Waals surface area (Å²) in [7, 11) is 0. The van der Waals surface area contributed by atoms with Crippen molar-refractivity contribution in [2.45, 2.75) is 54.1 Å². The molecule has 0 aliphatic rings. The highest BCUT2D eigenvalue weighted by atomic mass is 16.5. The molecule has 27 heavy (non-hydrogen) atoms. The first-order chi connectivity index (χ1) is 12.9. The number of esters is 1. The lowest BCUT2D eigenvalue weighted by Gasteiger charge is -2.13. The monoisotopic (exact) mass is 367 g/mol. The summed E-state index contributed by atoms with van der Waals surface area (Å²) >= 11 is 0. The lowest BCUT2D eigenvalue weighted by molar-refractivity contribution is -0.131. The highest BCUT2D eigenvalue weighted by molar-refractivity contribution is 5.91. The molecule has 0 N–H and O–H groups in total. The number of furan rings is 1. The average molecular weight is 367 g/mol. The van der Waals surface area contributed by atoms with Gasteiger partial charge in [0.1, 0.15) is 23.7 Å². The molecule has 5 heteroatoms. The molecular formula is C22H25NO4. The number of rotatable bonds is 6. The number of carbonyl (C=O) groups excluding carboxylic acids is 1. The van der Waals surface area contributed by atoms with Crippen LogP contribution in [0.4, 0.5) is 0 Å². The Morgan fingerprint density at radius 3 is 2.59 bits per heavy atom. The van der Waals surface area contributed by atoms with Crippen molar-refractivity contribution < 1.29 is 18.7 Å². The normalized spacial score (nSPS) is 11.0. The number of aryl methyl sites for hydroxylation is 4. The summed E-state index contributed by atoms with van der Waals surface area (Å²) < 4.78 is 17.4. The van der Waals surface area contributed by atoms with Crippen molar-refractivity contribution in [3.8, 4) is 11.5 Å². The zero-order valence-corrected chi connectivity index (χ0v) is 16.5. The molecular weight excluding hydrogens is 342 g/mol. The van der Waals surface area contributed by atoms with Gasteiger partial charge in [-0.25, -0.2) is 0 Å². The third-order valence-corrected chi connectivity index (χ3v) is 4.50.